The van der Waals surface area contributed by atoms with Crippen LogP contribution >= 0.6 is 0 Å². The van der Waals surface area contributed by atoms with Crippen molar-refractivity contribution in [2.45, 2.75) is 5.41 Å². The summed E-state index contributed by atoms with van der Waals surface area (Å²) in [5, 5.41) is 0. The van der Waals surface area contributed by atoms with E-state index >= 15 is 0 Å². The molecule has 0 saturated heterocycles. The molecule has 1 unspecified atom stereocenters. The van der Waals surface area contributed by atoms with E-state index in [1.165, 1.54) is 27.8 Å². The van der Waals surface area contributed by atoms with Gasteiger partial charge >= 0.3 is 0 Å². The summed E-state index contributed by atoms with van der Waals surface area (Å²) in [6, 6.07) is 65.8. The van der Waals surface area contributed by atoms with E-state index in [1.54, 1.807) is 0 Å². The largest absolute Gasteiger partial charge is 0.455 e. The van der Waals surface area contributed by atoms with Crippen LogP contribution in [0.1, 0.15) is 22.3 Å². The molecule has 252 valence electrons. The van der Waals surface area contributed by atoms with Crippen LogP contribution in [-0.4, -0.2) is 15.0 Å². The average molecular weight is 690 g/mol. The molecule has 0 saturated carbocycles. The Morgan fingerprint density at radius 3 is 1.28 bits per heavy atom. The summed E-state index contributed by atoms with van der Waals surface area (Å²) in [7, 11) is 0. The molecular formula is C50H31N3O. The average Bonchev–Trinajstić information content (AvgIpc) is 3.90. The van der Waals surface area contributed by atoms with Crippen molar-refractivity contribution in [1.82, 2.24) is 15.0 Å². The fourth-order valence-electron chi connectivity index (χ4n) is 8.80. The third kappa shape index (κ3) is 4.34. The molecule has 0 N–H and O–H groups in total. The van der Waals surface area contributed by atoms with Crippen LogP contribution in [0.4, 0.5) is 0 Å². The van der Waals surface area contributed by atoms with E-state index in [-0.39, 0.29) is 0 Å². The number of furan rings is 1. The molecular weight excluding hydrogens is 659 g/mol. The predicted molar refractivity (Wildman–Crippen MR) is 216 cm³/mol. The van der Waals surface area contributed by atoms with Crippen molar-refractivity contribution >= 4 is 0 Å². The fourth-order valence-corrected chi connectivity index (χ4v) is 8.80. The first-order valence-electron chi connectivity index (χ1n) is 18.3. The predicted octanol–water partition coefficient (Wildman–Crippen LogP) is 12.1. The fraction of sp³-hybridized carbons (Fsp3) is 0.0200. The first kappa shape index (κ1) is 30.5. The van der Waals surface area contributed by atoms with Gasteiger partial charge < -0.3 is 4.42 Å². The lowest BCUT2D eigenvalue weighted by Crippen LogP contribution is -2.26. The lowest BCUT2D eigenvalue weighted by Gasteiger charge is -2.30. The molecule has 1 spiro atoms. The van der Waals surface area contributed by atoms with Gasteiger partial charge in [0.2, 0.25) is 0 Å². The summed E-state index contributed by atoms with van der Waals surface area (Å²) < 4.78 is 7.14. The van der Waals surface area contributed by atoms with Crippen LogP contribution in [0, 0.1) is 0 Å². The number of hydrogen-bond acceptors (Lipinski definition) is 4. The molecule has 0 fully saturated rings. The van der Waals surface area contributed by atoms with Gasteiger partial charge in [-0.25, -0.2) is 15.0 Å². The topological polar surface area (TPSA) is 51.8 Å². The third-order valence-electron chi connectivity index (χ3n) is 11.0. The number of nitrogens with zero attached hydrogens (tertiary/aromatic N) is 3. The van der Waals surface area contributed by atoms with Gasteiger partial charge in [-0.05, 0) is 33.4 Å². The van der Waals surface area contributed by atoms with Crippen molar-refractivity contribution in [2.75, 3.05) is 0 Å². The molecule has 2 heterocycles. The van der Waals surface area contributed by atoms with E-state index < -0.39 is 5.41 Å². The monoisotopic (exact) mass is 689 g/mol. The van der Waals surface area contributed by atoms with Crippen molar-refractivity contribution in [3.05, 3.63) is 210 Å². The van der Waals surface area contributed by atoms with E-state index in [2.05, 4.69) is 152 Å². The molecule has 4 nitrogen and oxygen atoms in total. The summed E-state index contributed by atoms with van der Waals surface area (Å²) in [6.07, 6.45) is 0. The molecule has 0 aliphatic heterocycles. The zero-order valence-electron chi connectivity index (χ0n) is 29.1. The maximum absolute atomic E-state index is 7.14. The van der Waals surface area contributed by atoms with Gasteiger partial charge in [0.25, 0.3) is 0 Å². The van der Waals surface area contributed by atoms with Crippen LogP contribution < -0.4 is 0 Å². The summed E-state index contributed by atoms with van der Waals surface area (Å²) >= 11 is 0. The number of hydrogen-bond donors (Lipinski definition) is 0. The molecule has 2 aliphatic carbocycles. The van der Waals surface area contributed by atoms with Crippen LogP contribution in [0.5, 0.6) is 0 Å². The summed E-state index contributed by atoms with van der Waals surface area (Å²) in [5.41, 5.74) is 13.7. The van der Waals surface area contributed by atoms with Gasteiger partial charge in [-0.3, -0.25) is 0 Å². The zero-order valence-corrected chi connectivity index (χ0v) is 29.1. The number of rotatable bonds is 5. The number of aromatic nitrogens is 3. The Morgan fingerprint density at radius 2 is 0.722 bits per heavy atom. The van der Waals surface area contributed by atoms with Gasteiger partial charge in [-0.15, -0.1) is 0 Å². The van der Waals surface area contributed by atoms with Crippen LogP contribution in [0.3, 0.4) is 0 Å². The van der Waals surface area contributed by atoms with Gasteiger partial charge in [0.05, 0.1) is 5.41 Å². The Bertz CT molecular complexity index is 2810. The lowest BCUT2D eigenvalue weighted by atomic mass is 9.70. The van der Waals surface area contributed by atoms with Gasteiger partial charge in [-0.2, -0.15) is 0 Å². The maximum atomic E-state index is 7.14. The Labute approximate surface area is 313 Å². The summed E-state index contributed by atoms with van der Waals surface area (Å²) in [4.78, 5) is 15.5. The van der Waals surface area contributed by atoms with Crippen molar-refractivity contribution < 1.29 is 4.42 Å². The Hall–Kier alpha value is -7.17. The number of fused-ring (bicyclic) bond motifs is 10. The minimum Gasteiger partial charge on any atom is -0.455 e. The molecule has 2 aliphatic rings. The molecule has 54 heavy (non-hydrogen) atoms. The quantitative estimate of drug-likeness (QED) is 0.180. The standard InChI is InChI=1S/C50H31N3O/c1-5-18-32(19-6-1)45-43-37-27-14-16-30-40(37)50(44(43)46(54-45)33-20-7-2-8-21-33)39-29-15-13-26-36(39)42-38(28-17-31-41(42)50)49-52-47(34-22-9-3-10-23-34)51-48(53-49)35-24-11-4-12-25-35/h1-31H. The van der Waals surface area contributed by atoms with Crippen molar-refractivity contribution in [3.63, 3.8) is 0 Å². The van der Waals surface area contributed by atoms with Crippen molar-refractivity contribution in [2.24, 2.45) is 0 Å². The SMILES string of the molecule is c1ccc(-c2nc(-c3ccccc3)nc(-c3cccc4c3-c3ccccc3C43c4ccccc4-c4c(-c5ccccc5)oc(-c5ccccc5)c43)n2)cc1. The highest BCUT2D eigenvalue weighted by Crippen LogP contribution is 2.67. The van der Waals surface area contributed by atoms with Crippen LogP contribution in [0.25, 0.3) is 79.1 Å². The van der Waals surface area contributed by atoms with E-state index in [0.717, 1.165) is 56.0 Å². The van der Waals surface area contributed by atoms with Gasteiger partial charge in [0, 0.05) is 38.9 Å². The molecule has 7 aromatic carbocycles. The summed E-state index contributed by atoms with van der Waals surface area (Å²) in [6.45, 7) is 0. The van der Waals surface area contributed by atoms with E-state index in [0.29, 0.717) is 17.5 Å². The Balaban J connectivity index is 1.25. The molecule has 0 bridgehead atoms. The summed E-state index contributed by atoms with van der Waals surface area (Å²) in [5.74, 6) is 3.68. The Kier molecular flexibility index (Phi) is 6.73. The maximum Gasteiger partial charge on any atom is 0.164 e. The minimum absolute atomic E-state index is 0.637. The second-order valence-corrected chi connectivity index (χ2v) is 13.8. The van der Waals surface area contributed by atoms with Crippen molar-refractivity contribution in [3.8, 4) is 79.1 Å². The number of benzene rings is 7. The van der Waals surface area contributed by atoms with Gasteiger partial charge in [-0.1, -0.05) is 188 Å². The first-order chi connectivity index (χ1) is 26.8. The molecule has 9 aromatic rings. The van der Waals surface area contributed by atoms with Crippen LogP contribution in [-0.2, 0) is 5.41 Å². The highest BCUT2D eigenvalue weighted by molar-refractivity contribution is 6.04. The van der Waals surface area contributed by atoms with Crippen molar-refractivity contribution in [1.29, 1.82) is 0 Å². The molecule has 1 atom stereocenters. The van der Waals surface area contributed by atoms with Gasteiger partial charge in [0.15, 0.2) is 17.5 Å². The molecule has 0 radical (unpaired) electrons. The second kappa shape index (κ2) is 11.9. The highest BCUT2D eigenvalue weighted by atomic mass is 16.3. The third-order valence-corrected chi connectivity index (χ3v) is 11.0. The van der Waals surface area contributed by atoms with Crippen LogP contribution in [0.15, 0.2) is 192 Å². The van der Waals surface area contributed by atoms with Crippen LogP contribution in [0.2, 0.25) is 0 Å². The minimum atomic E-state index is -0.660. The van der Waals surface area contributed by atoms with Gasteiger partial charge in [0.1, 0.15) is 11.5 Å². The first-order valence-corrected chi connectivity index (χ1v) is 18.3. The lowest BCUT2D eigenvalue weighted by molar-refractivity contribution is 0.588. The highest BCUT2D eigenvalue weighted by Gasteiger charge is 2.55. The molecule has 4 heteroatoms. The normalized spacial score (nSPS) is 14.7. The smallest absolute Gasteiger partial charge is 0.164 e. The van der Waals surface area contributed by atoms with E-state index in [1.807, 2.05) is 36.4 Å². The second-order valence-electron chi connectivity index (χ2n) is 13.8. The van der Waals surface area contributed by atoms with E-state index in [4.69, 9.17) is 19.4 Å². The molecule has 2 aromatic heterocycles. The molecule has 0 amide bonds. The molecule has 11 rings (SSSR count). The van der Waals surface area contributed by atoms with E-state index in [9.17, 15) is 0 Å². The Morgan fingerprint density at radius 1 is 0.315 bits per heavy atom. The zero-order chi connectivity index (χ0) is 35.6.